The smallest absolute Gasteiger partial charge is 0.256 e. The third-order valence-electron chi connectivity index (χ3n) is 4.28. The van der Waals surface area contributed by atoms with Crippen molar-refractivity contribution < 1.29 is 13.9 Å². The number of carbonyl (C=O) groups excluding carboxylic acids is 1. The molecule has 2 aliphatic rings. The van der Waals surface area contributed by atoms with Crippen LogP contribution in [0.15, 0.2) is 10.7 Å². The maximum Gasteiger partial charge on any atom is 0.256 e. The Morgan fingerprint density at radius 1 is 1.36 bits per heavy atom. The number of amides is 1. The van der Waals surface area contributed by atoms with E-state index in [4.69, 9.17) is 9.15 Å². The molecule has 0 spiro atoms. The Kier molecular flexibility index (Phi) is 2.87. The molecule has 2 aromatic heterocycles. The predicted molar refractivity (Wildman–Crippen MR) is 79.9 cm³/mol. The Balaban J connectivity index is 1.75. The van der Waals surface area contributed by atoms with Crippen LogP contribution in [0.1, 0.15) is 35.9 Å². The van der Waals surface area contributed by atoms with Crippen molar-refractivity contribution in [2.24, 2.45) is 0 Å². The number of fused-ring (bicyclic) bond motifs is 1. The van der Waals surface area contributed by atoms with Gasteiger partial charge in [0.25, 0.3) is 5.91 Å². The zero-order chi connectivity index (χ0) is 15.3. The van der Waals surface area contributed by atoms with Crippen LogP contribution in [0.2, 0.25) is 0 Å². The molecular weight excluding hydrogens is 284 g/mol. The first-order valence-electron chi connectivity index (χ1n) is 7.47. The van der Waals surface area contributed by atoms with Gasteiger partial charge in [0, 0.05) is 5.54 Å². The molecule has 2 N–H and O–H groups in total. The van der Waals surface area contributed by atoms with Gasteiger partial charge in [0.15, 0.2) is 0 Å². The van der Waals surface area contributed by atoms with Crippen LogP contribution in [0, 0.1) is 6.92 Å². The molecule has 7 heteroatoms. The number of aromatic nitrogens is 2. The molecule has 7 nitrogen and oxygen atoms in total. The highest BCUT2D eigenvalue weighted by Crippen LogP contribution is 2.40. The molecule has 1 aliphatic heterocycles. The van der Waals surface area contributed by atoms with Crippen molar-refractivity contribution in [2.75, 3.05) is 18.5 Å². The van der Waals surface area contributed by atoms with E-state index in [1.54, 1.807) is 6.92 Å². The largest absolute Gasteiger partial charge is 0.442 e. The lowest BCUT2D eigenvalue weighted by atomic mass is 10.1. The van der Waals surface area contributed by atoms with Crippen LogP contribution < -0.4 is 10.6 Å². The average Bonchev–Trinajstić information content (AvgIpc) is 3.04. The van der Waals surface area contributed by atoms with Gasteiger partial charge in [0.05, 0.1) is 30.2 Å². The van der Waals surface area contributed by atoms with E-state index in [-0.39, 0.29) is 17.5 Å². The average molecular weight is 302 g/mol. The topological polar surface area (TPSA) is 89.3 Å². The number of rotatable bonds is 4. The molecule has 1 amide bonds. The van der Waals surface area contributed by atoms with E-state index in [1.807, 2.05) is 0 Å². The van der Waals surface area contributed by atoms with Crippen molar-refractivity contribution >= 4 is 22.8 Å². The summed E-state index contributed by atoms with van der Waals surface area (Å²) in [6.45, 7) is 5.02. The Hall–Kier alpha value is -2.15. The summed E-state index contributed by atoms with van der Waals surface area (Å²) >= 11 is 0. The summed E-state index contributed by atoms with van der Waals surface area (Å²) in [5, 5.41) is 7.02. The first-order valence-corrected chi connectivity index (χ1v) is 7.47. The summed E-state index contributed by atoms with van der Waals surface area (Å²) in [5.74, 6) is 1.05. The van der Waals surface area contributed by atoms with Crippen molar-refractivity contribution in [3.05, 3.63) is 17.7 Å². The van der Waals surface area contributed by atoms with Gasteiger partial charge in [-0.2, -0.15) is 0 Å². The number of ether oxygens (including phenoxy) is 1. The normalized spacial score (nSPS) is 19.7. The summed E-state index contributed by atoms with van der Waals surface area (Å²) in [6.07, 6.45) is 3.65. The van der Waals surface area contributed by atoms with Crippen LogP contribution in [-0.2, 0) is 4.74 Å². The zero-order valence-corrected chi connectivity index (χ0v) is 12.6. The number of nitrogens with zero attached hydrogens (tertiary/aromatic N) is 2. The summed E-state index contributed by atoms with van der Waals surface area (Å²) in [4.78, 5) is 21.0. The predicted octanol–water partition coefficient (Wildman–Crippen LogP) is 1.62. The van der Waals surface area contributed by atoms with Crippen molar-refractivity contribution in [3.63, 3.8) is 0 Å². The molecular formula is C15H18N4O3. The third-order valence-corrected chi connectivity index (χ3v) is 4.28. The van der Waals surface area contributed by atoms with Gasteiger partial charge in [-0.25, -0.2) is 9.97 Å². The molecule has 1 saturated carbocycles. The lowest BCUT2D eigenvalue weighted by molar-refractivity contribution is -0.00346. The Labute approximate surface area is 127 Å². The second kappa shape index (κ2) is 4.67. The molecule has 0 unspecified atom stereocenters. The van der Waals surface area contributed by atoms with Gasteiger partial charge in [0.2, 0.25) is 5.71 Å². The highest BCUT2D eigenvalue weighted by molar-refractivity contribution is 6.10. The minimum Gasteiger partial charge on any atom is -0.442 e. The van der Waals surface area contributed by atoms with Crippen LogP contribution in [0.4, 0.5) is 5.82 Å². The van der Waals surface area contributed by atoms with E-state index in [9.17, 15) is 4.79 Å². The van der Waals surface area contributed by atoms with Gasteiger partial charge in [-0.1, -0.05) is 0 Å². The minimum absolute atomic E-state index is 0.0576. The van der Waals surface area contributed by atoms with E-state index in [1.165, 1.54) is 6.33 Å². The van der Waals surface area contributed by atoms with Crippen LogP contribution >= 0.6 is 0 Å². The fraction of sp³-hybridized carbons (Fsp3) is 0.533. The molecule has 0 aromatic carbocycles. The van der Waals surface area contributed by atoms with E-state index in [2.05, 4.69) is 27.5 Å². The van der Waals surface area contributed by atoms with Crippen LogP contribution in [0.3, 0.4) is 0 Å². The van der Waals surface area contributed by atoms with Crippen molar-refractivity contribution in [3.8, 4) is 0 Å². The SMILES string of the molecule is Cc1oc2ncnc(NC3(C)CC3)c2c1C(=O)NC1COC1. The van der Waals surface area contributed by atoms with E-state index in [0.29, 0.717) is 41.5 Å². The second-order valence-corrected chi connectivity index (χ2v) is 6.33. The maximum atomic E-state index is 12.6. The number of anilines is 1. The summed E-state index contributed by atoms with van der Waals surface area (Å²) in [7, 11) is 0. The highest BCUT2D eigenvalue weighted by atomic mass is 16.5. The molecule has 3 heterocycles. The fourth-order valence-corrected chi connectivity index (χ4v) is 2.59. The third kappa shape index (κ3) is 2.21. The Morgan fingerprint density at radius 2 is 2.14 bits per heavy atom. The molecule has 0 atom stereocenters. The van der Waals surface area contributed by atoms with E-state index in [0.717, 1.165) is 12.8 Å². The minimum atomic E-state index is -0.164. The van der Waals surface area contributed by atoms with Crippen molar-refractivity contribution in [1.29, 1.82) is 0 Å². The molecule has 0 bridgehead atoms. The Morgan fingerprint density at radius 3 is 2.77 bits per heavy atom. The number of carbonyl (C=O) groups is 1. The van der Waals surface area contributed by atoms with Crippen molar-refractivity contribution in [1.82, 2.24) is 15.3 Å². The van der Waals surface area contributed by atoms with Gasteiger partial charge >= 0.3 is 0 Å². The molecule has 116 valence electrons. The maximum absolute atomic E-state index is 12.6. The Bertz CT molecular complexity index is 747. The first-order chi connectivity index (χ1) is 10.6. The van der Waals surface area contributed by atoms with Crippen molar-refractivity contribution in [2.45, 2.75) is 38.3 Å². The quantitative estimate of drug-likeness (QED) is 0.892. The van der Waals surface area contributed by atoms with E-state index >= 15 is 0 Å². The molecule has 4 rings (SSSR count). The molecule has 22 heavy (non-hydrogen) atoms. The second-order valence-electron chi connectivity index (χ2n) is 6.33. The standard InChI is InChI=1S/C15H18N4O3/c1-8-10(13(20)18-9-5-21-6-9)11-12(19-15(2)3-4-15)16-7-17-14(11)22-8/h7,9H,3-6H2,1-2H3,(H,18,20)(H,16,17,19). The summed E-state index contributed by atoms with van der Waals surface area (Å²) < 4.78 is 10.7. The van der Waals surface area contributed by atoms with Gasteiger partial charge < -0.3 is 19.8 Å². The lowest BCUT2D eigenvalue weighted by Crippen LogP contribution is -2.48. The fourth-order valence-electron chi connectivity index (χ4n) is 2.59. The van der Waals surface area contributed by atoms with E-state index < -0.39 is 0 Å². The molecule has 2 aromatic rings. The van der Waals surface area contributed by atoms with Gasteiger partial charge in [-0.05, 0) is 26.7 Å². The van der Waals surface area contributed by atoms with Gasteiger partial charge in [-0.3, -0.25) is 4.79 Å². The lowest BCUT2D eigenvalue weighted by Gasteiger charge is -2.26. The number of hydrogen-bond donors (Lipinski definition) is 2. The van der Waals surface area contributed by atoms with Gasteiger partial charge in [-0.15, -0.1) is 0 Å². The number of aryl methyl sites for hydroxylation is 1. The number of furan rings is 1. The monoisotopic (exact) mass is 302 g/mol. The number of hydrogen-bond acceptors (Lipinski definition) is 6. The summed E-state index contributed by atoms with van der Waals surface area (Å²) in [6, 6.07) is 0.0684. The highest BCUT2D eigenvalue weighted by Gasteiger charge is 2.38. The molecule has 0 radical (unpaired) electrons. The van der Waals surface area contributed by atoms with Crippen LogP contribution in [-0.4, -0.2) is 40.7 Å². The van der Waals surface area contributed by atoms with Crippen LogP contribution in [0.25, 0.3) is 11.1 Å². The summed E-state index contributed by atoms with van der Waals surface area (Å²) in [5.41, 5.74) is 1.01. The van der Waals surface area contributed by atoms with Gasteiger partial charge in [0.1, 0.15) is 17.9 Å². The molecule has 2 fully saturated rings. The number of nitrogens with one attached hydrogen (secondary N) is 2. The zero-order valence-electron chi connectivity index (χ0n) is 12.6. The van der Waals surface area contributed by atoms with Crippen LogP contribution in [0.5, 0.6) is 0 Å². The molecule has 1 aliphatic carbocycles. The molecule has 1 saturated heterocycles. The first kappa shape index (κ1) is 13.5.